The number of methoxy groups -OCH3 is 2. The van der Waals surface area contributed by atoms with Crippen LogP contribution in [-0.4, -0.2) is 40.3 Å². The SMILES string of the molecule is COc1ccc(-c2nc(-c3nc(-c4ccc(OC)cc4)c(C#C[Si](C)(C)C)s3)sc2C#C[Si](C)(C)C)cc1. The topological polar surface area (TPSA) is 44.2 Å². The van der Waals surface area contributed by atoms with E-state index in [9.17, 15) is 0 Å². The van der Waals surface area contributed by atoms with Crippen molar-refractivity contribution in [1.29, 1.82) is 0 Å². The minimum Gasteiger partial charge on any atom is -0.497 e. The Morgan fingerprint density at radius 2 is 0.921 bits per heavy atom. The van der Waals surface area contributed by atoms with Crippen LogP contribution in [0.1, 0.15) is 9.75 Å². The highest BCUT2D eigenvalue weighted by Gasteiger charge is 2.20. The van der Waals surface area contributed by atoms with Gasteiger partial charge in [-0.25, -0.2) is 9.97 Å². The van der Waals surface area contributed by atoms with Crippen LogP contribution in [0.25, 0.3) is 32.5 Å². The van der Waals surface area contributed by atoms with E-state index in [-0.39, 0.29) is 0 Å². The first-order valence-electron chi connectivity index (χ1n) is 12.3. The van der Waals surface area contributed by atoms with Gasteiger partial charge in [-0.15, -0.1) is 33.8 Å². The molecule has 4 aromatic rings. The Hall–Kier alpha value is -3.15. The molecule has 0 aliphatic carbocycles. The first-order valence-corrected chi connectivity index (χ1v) is 21.0. The minimum absolute atomic E-state index is 0.814. The Morgan fingerprint density at radius 3 is 1.21 bits per heavy atom. The molecule has 38 heavy (non-hydrogen) atoms. The maximum atomic E-state index is 5.35. The van der Waals surface area contributed by atoms with Crippen molar-refractivity contribution in [2.75, 3.05) is 14.2 Å². The first kappa shape index (κ1) is 27.9. The van der Waals surface area contributed by atoms with E-state index in [1.54, 1.807) is 36.9 Å². The fourth-order valence-corrected chi connectivity index (χ4v) is 6.45. The summed E-state index contributed by atoms with van der Waals surface area (Å²) in [6.45, 7) is 13.5. The van der Waals surface area contributed by atoms with Crippen molar-refractivity contribution >= 4 is 38.8 Å². The molecule has 2 heterocycles. The van der Waals surface area contributed by atoms with Crippen molar-refractivity contribution in [2.45, 2.75) is 39.3 Å². The summed E-state index contributed by atoms with van der Waals surface area (Å²) in [5.41, 5.74) is 10.8. The van der Waals surface area contributed by atoms with E-state index in [1.807, 2.05) is 48.5 Å². The van der Waals surface area contributed by atoms with E-state index in [0.29, 0.717) is 0 Å². The zero-order valence-corrected chi connectivity index (χ0v) is 26.8. The van der Waals surface area contributed by atoms with E-state index < -0.39 is 16.1 Å². The van der Waals surface area contributed by atoms with Gasteiger partial charge in [-0.1, -0.05) is 51.1 Å². The third kappa shape index (κ3) is 7.03. The summed E-state index contributed by atoms with van der Waals surface area (Å²) in [6.07, 6.45) is 0. The number of aromatic nitrogens is 2. The predicted octanol–water partition coefficient (Wildman–Crippen LogP) is 8.08. The Kier molecular flexibility index (Phi) is 8.29. The quantitative estimate of drug-likeness (QED) is 0.179. The highest BCUT2D eigenvalue weighted by molar-refractivity contribution is 7.22. The molecule has 0 fully saturated rings. The molecule has 0 saturated carbocycles. The number of hydrogen-bond donors (Lipinski definition) is 0. The van der Waals surface area contributed by atoms with Gasteiger partial charge in [0.05, 0.1) is 25.6 Å². The molecule has 4 rings (SSSR count). The molecule has 0 aliphatic rings. The largest absolute Gasteiger partial charge is 0.497 e. The van der Waals surface area contributed by atoms with Gasteiger partial charge in [0.2, 0.25) is 0 Å². The van der Waals surface area contributed by atoms with Gasteiger partial charge in [-0.05, 0) is 48.5 Å². The number of ether oxygens (including phenoxy) is 2. The standard InChI is InChI=1S/C30H32N2O2S2Si2/c1-33-23-13-9-21(10-14-23)27-25(17-19-37(3,4)5)35-29(31-27)30-32-28(22-11-15-24(34-2)16-12-22)26(36-30)18-20-38(6,7)8/h9-16H,1-8H3. The van der Waals surface area contributed by atoms with Crippen LogP contribution < -0.4 is 9.47 Å². The van der Waals surface area contributed by atoms with Gasteiger partial charge in [-0.3, -0.25) is 0 Å². The lowest BCUT2D eigenvalue weighted by Crippen LogP contribution is -2.16. The van der Waals surface area contributed by atoms with Crippen LogP contribution in [0.4, 0.5) is 0 Å². The van der Waals surface area contributed by atoms with Crippen LogP contribution in [0, 0.1) is 22.9 Å². The highest BCUT2D eigenvalue weighted by Crippen LogP contribution is 2.39. The van der Waals surface area contributed by atoms with Gasteiger partial charge >= 0.3 is 0 Å². The molecule has 0 radical (unpaired) electrons. The van der Waals surface area contributed by atoms with Crippen LogP contribution in [0.3, 0.4) is 0 Å². The lowest BCUT2D eigenvalue weighted by atomic mass is 10.1. The predicted molar refractivity (Wildman–Crippen MR) is 168 cm³/mol. The maximum Gasteiger partial charge on any atom is 0.154 e. The normalized spacial score (nSPS) is 11.3. The van der Waals surface area contributed by atoms with Gasteiger partial charge < -0.3 is 9.47 Å². The van der Waals surface area contributed by atoms with Crippen LogP contribution in [0.15, 0.2) is 48.5 Å². The second kappa shape index (κ2) is 11.3. The number of hydrogen-bond acceptors (Lipinski definition) is 6. The molecule has 0 saturated heterocycles. The van der Waals surface area contributed by atoms with Crippen molar-refractivity contribution in [2.24, 2.45) is 0 Å². The lowest BCUT2D eigenvalue weighted by molar-refractivity contribution is 0.415. The van der Waals surface area contributed by atoms with Gasteiger partial charge in [0.1, 0.15) is 37.4 Å². The monoisotopic (exact) mass is 572 g/mol. The van der Waals surface area contributed by atoms with E-state index in [2.05, 4.69) is 62.2 Å². The summed E-state index contributed by atoms with van der Waals surface area (Å²) in [5.74, 6) is 8.54. The first-order chi connectivity index (χ1) is 18.0. The molecule has 0 unspecified atom stereocenters. The van der Waals surface area contributed by atoms with E-state index in [4.69, 9.17) is 19.4 Å². The van der Waals surface area contributed by atoms with Crippen molar-refractivity contribution in [3.8, 4) is 67.0 Å². The third-order valence-corrected chi connectivity index (χ3v) is 9.10. The van der Waals surface area contributed by atoms with Crippen LogP contribution >= 0.6 is 22.7 Å². The van der Waals surface area contributed by atoms with Gasteiger partial charge in [0.25, 0.3) is 0 Å². The summed E-state index contributed by atoms with van der Waals surface area (Å²) >= 11 is 3.20. The third-order valence-electron chi connectivity index (χ3n) is 5.27. The maximum absolute atomic E-state index is 5.35. The fourth-order valence-electron chi connectivity index (χ4n) is 3.37. The molecule has 0 amide bonds. The van der Waals surface area contributed by atoms with Gasteiger partial charge in [0.15, 0.2) is 10.0 Å². The highest BCUT2D eigenvalue weighted by atomic mass is 32.1. The molecule has 2 aromatic heterocycles. The Balaban J connectivity index is 1.86. The van der Waals surface area contributed by atoms with Gasteiger partial charge in [0, 0.05) is 11.1 Å². The second-order valence-corrected chi connectivity index (χ2v) is 22.3. The summed E-state index contributed by atoms with van der Waals surface area (Å²) < 4.78 is 10.7. The summed E-state index contributed by atoms with van der Waals surface area (Å²) in [5, 5.41) is 1.72. The number of benzene rings is 2. The van der Waals surface area contributed by atoms with Gasteiger partial charge in [-0.2, -0.15) is 0 Å². The Morgan fingerprint density at radius 1 is 0.579 bits per heavy atom. The summed E-state index contributed by atoms with van der Waals surface area (Å²) in [6, 6.07) is 16.0. The lowest BCUT2D eigenvalue weighted by Gasteiger charge is -2.04. The Labute approximate surface area is 236 Å². The average molecular weight is 573 g/mol. The second-order valence-electron chi connectivity index (χ2n) is 10.9. The molecule has 0 atom stereocenters. The summed E-state index contributed by atoms with van der Waals surface area (Å²) in [4.78, 5) is 12.1. The number of nitrogens with zero attached hydrogens (tertiary/aromatic N) is 2. The van der Waals surface area contributed by atoms with Crippen LogP contribution in [-0.2, 0) is 0 Å². The van der Waals surface area contributed by atoms with E-state index in [0.717, 1.165) is 53.8 Å². The molecule has 0 bridgehead atoms. The van der Waals surface area contributed by atoms with Crippen molar-refractivity contribution < 1.29 is 9.47 Å². The molecule has 0 spiro atoms. The van der Waals surface area contributed by atoms with Crippen molar-refractivity contribution in [3.63, 3.8) is 0 Å². The van der Waals surface area contributed by atoms with E-state index >= 15 is 0 Å². The molecule has 194 valence electrons. The van der Waals surface area contributed by atoms with Crippen molar-refractivity contribution in [3.05, 3.63) is 58.3 Å². The zero-order chi connectivity index (χ0) is 27.5. The summed E-state index contributed by atoms with van der Waals surface area (Å²) in [7, 11) is 0.198. The molecular weight excluding hydrogens is 541 g/mol. The molecule has 0 aliphatic heterocycles. The van der Waals surface area contributed by atoms with Crippen LogP contribution in [0.2, 0.25) is 39.3 Å². The van der Waals surface area contributed by atoms with Crippen LogP contribution in [0.5, 0.6) is 11.5 Å². The van der Waals surface area contributed by atoms with E-state index in [1.165, 1.54) is 0 Å². The molecule has 8 heteroatoms. The molecule has 0 N–H and O–H groups in total. The minimum atomic E-state index is -1.57. The molecule has 4 nitrogen and oxygen atoms in total. The smallest absolute Gasteiger partial charge is 0.154 e. The fraction of sp³-hybridized carbons (Fsp3) is 0.267. The average Bonchev–Trinajstić information content (AvgIpc) is 3.50. The molecule has 2 aromatic carbocycles. The molecular formula is C30H32N2O2S2Si2. The zero-order valence-electron chi connectivity index (χ0n) is 23.1. The van der Waals surface area contributed by atoms with Crippen molar-refractivity contribution in [1.82, 2.24) is 9.97 Å². The Bertz CT molecular complexity index is 1430. The number of thiazole rings is 2. The number of rotatable bonds is 5.